The highest BCUT2D eigenvalue weighted by atomic mass is 16.5. The maximum atomic E-state index is 12.9. The van der Waals surface area contributed by atoms with Crippen LogP contribution < -0.4 is 0 Å². The fourth-order valence-corrected chi connectivity index (χ4v) is 3.15. The summed E-state index contributed by atoms with van der Waals surface area (Å²) in [6.07, 6.45) is 3.56. The van der Waals surface area contributed by atoms with Crippen molar-refractivity contribution in [2.24, 2.45) is 0 Å². The summed E-state index contributed by atoms with van der Waals surface area (Å²) in [5.41, 5.74) is -0.780. The monoisotopic (exact) mass is 370 g/mol. The van der Waals surface area contributed by atoms with Crippen molar-refractivity contribution in [3.05, 3.63) is 71.8 Å². The first kappa shape index (κ1) is 21.1. The van der Waals surface area contributed by atoms with Gasteiger partial charge in [0.15, 0.2) is 0 Å². The number of aliphatic hydroxyl groups is 1. The van der Waals surface area contributed by atoms with Gasteiger partial charge in [-0.15, -0.1) is 0 Å². The SMILES string of the molecule is CCCCC[N+](C)(C)CCOC(=O)C(O)(c1ccccc1)c1ccccc1. The van der Waals surface area contributed by atoms with Crippen molar-refractivity contribution < 1.29 is 19.1 Å². The molecule has 0 aliphatic carbocycles. The number of hydrogen-bond donors (Lipinski definition) is 1. The second-order valence-corrected chi connectivity index (χ2v) is 7.67. The summed E-state index contributed by atoms with van der Waals surface area (Å²) >= 11 is 0. The number of ether oxygens (including phenoxy) is 1. The normalized spacial score (nSPS) is 12.0. The topological polar surface area (TPSA) is 46.5 Å². The summed E-state index contributed by atoms with van der Waals surface area (Å²) in [7, 11) is 4.29. The zero-order chi connectivity index (χ0) is 19.8. The molecule has 0 saturated carbocycles. The number of rotatable bonds is 10. The van der Waals surface area contributed by atoms with Crippen LogP contribution in [0.4, 0.5) is 0 Å². The van der Waals surface area contributed by atoms with Crippen LogP contribution >= 0.6 is 0 Å². The molecule has 0 aliphatic rings. The molecule has 2 rings (SSSR count). The van der Waals surface area contributed by atoms with Gasteiger partial charge >= 0.3 is 5.97 Å². The molecule has 0 radical (unpaired) electrons. The van der Waals surface area contributed by atoms with Crippen molar-refractivity contribution >= 4 is 5.97 Å². The van der Waals surface area contributed by atoms with Gasteiger partial charge in [-0.05, 0) is 24.0 Å². The van der Waals surface area contributed by atoms with E-state index in [2.05, 4.69) is 21.0 Å². The molecule has 1 N–H and O–H groups in total. The maximum absolute atomic E-state index is 12.9. The molecule has 0 spiro atoms. The molecule has 0 aliphatic heterocycles. The van der Waals surface area contributed by atoms with Crippen molar-refractivity contribution in [3.63, 3.8) is 0 Å². The highest BCUT2D eigenvalue weighted by Crippen LogP contribution is 2.31. The summed E-state index contributed by atoms with van der Waals surface area (Å²) in [4.78, 5) is 12.9. The van der Waals surface area contributed by atoms with Gasteiger partial charge < -0.3 is 14.3 Å². The zero-order valence-electron chi connectivity index (χ0n) is 16.7. The molecule has 0 aromatic heterocycles. The molecule has 0 amide bonds. The van der Waals surface area contributed by atoms with E-state index in [9.17, 15) is 9.90 Å². The Hall–Kier alpha value is -2.17. The fourth-order valence-electron chi connectivity index (χ4n) is 3.15. The number of benzene rings is 2. The maximum Gasteiger partial charge on any atom is 0.347 e. The Labute approximate surface area is 163 Å². The standard InChI is InChI=1S/C23H32NO3/c1-4-5-12-17-24(2,3)18-19-27-22(25)23(26,20-13-8-6-9-14-20)21-15-10-7-11-16-21/h6-11,13-16,26H,4-5,12,17-19H2,1-3H3/q+1. The quantitative estimate of drug-likeness (QED) is 0.394. The zero-order valence-corrected chi connectivity index (χ0v) is 16.7. The van der Waals surface area contributed by atoms with E-state index in [4.69, 9.17) is 4.74 Å². The Morgan fingerprint density at radius 3 is 1.93 bits per heavy atom. The van der Waals surface area contributed by atoms with Crippen LogP contribution in [0.5, 0.6) is 0 Å². The number of carbonyl (C=O) groups excluding carboxylic acids is 1. The lowest BCUT2D eigenvalue weighted by Gasteiger charge is -2.31. The summed E-state index contributed by atoms with van der Waals surface area (Å²) in [6.45, 7) is 4.23. The Morgan fingerprint density at radius 2 is 1.44 bits per heavy atom. The van der Waals surface area contributed by atoms with Crippen molar-refractivity contribution in [2.45, 2.75) is 31.8 Å². The van der Waals surface area contributed by atoms with Crippen LogP contribution in [0.1, 0.15) is 37.3 Å². The molecule has 0 fully saturated rings. The smallest absolute Gasteiger partial charge is 0.347 e. The predicted octanol–water partition coefficient (Wildman–Crippen LogP) is 3.73. The van der Waals surface area contributed by atoms with Crippen molar-refractivity contribution in [3.8, 4) is 0 Å². The van der Waals surface area contributed by atoms with Gasteiger partial charge in [-0.1, -0.05) is 74.0 Å². The third-order valence-corrected chi connectivity index (χ3v) is 4.98. The lowest BCUT2D eigenvalue weighted by atomic mass is 9.86. The molecule has 0 heterocycles. The first-order valence-electron chi connectivity index (χ1n) is 9.73. The van der Waals surface area contributed by atoms with Crippen molar-refractivity contribution in [1.29, 1.82) is 0 Å². The van der Waals surface area contributed by atoms with E-state index in [1.807, 2.05) is 36.4 Å². The molecule has 146 valence electrons. The fraction of sp³-hybridized carbons (Fsp3) is 0.435. The number of hydrogen-bond acceptors (Lipinski definition) is 3. The van der Waals surface area contributed by atoms with E-state index in [0.29, 0.717) is 11.1 Å². The molecule has 2 aromatic carbocycles. The highest BCUT2D eigenvalue weighted by molar-refractivity contribution is 5.85. The second-order valence-electron chi connectivity index (χ2n) is 7.67. The summed E-state index contributed by atoms with van der Waals surface area (Å²) in [5.74, 6) is -0.631. The Bertz CT molecular complexity index is 659. The van der Waals surface area contributed by atoms with Crippen LogP contribution in [0.3, 0.4) is 0 Å². The average Bonchev–Trinajstić information content (AvgIpc) is 2.68. The average molecular weight is 371 g/mol. The van der Waals surface area contributed by atoms with E-state index in [1.165, 1.54) is 12.8 Å². The van der Waals surface area contributed by atoms with Gasteiger partial charge in [-0.3, -0.25) is 0 Å². The van der Waals surface area contributed by atoms with Crippen molar-refractivity contribution in [1.82, 2.24) is 0 Å². The molecular formula is C23H32NO3+. The number of carbonyl (C=O) groups is 1. The Morgan fingerprint density at radius 1 is 0.926 bits per heavy atom. The summed E-state index contributed by atoms with van der Waals surface area (Å²) in [6, 6.07) is 18.0. The van der Waals surface area contributed by atoms with E-state index in [1.54, 1.807) is 24.3 Å². The summed E-state index contributed by atoms with van der Waals surface area (Å²) < 4.78 is 6.35. The second kappa shape index (κ2) is 9.67. The van der Waals surface area contributed by atoms with Crippen LogP contribution in [-0.4, -0.2) is 49.4 Å². The van der Waals surface area contributed by atoms with E-state index >= 15 is 0 Å². The minimum absolute atomic E-state index is 0.278. The molecule has 0 saturated heterocycles. The third kappa shape index (κ3) is 5.65. The van der Waals surface area contributed by atoms with Crippen LogP contribution in [-0.2, 0) is 15.1 Å². The van der Waals surface area contributed by atoms with Gasteiger partial charge in [-0.25, -0.2) is 4.79 Å². The third-order valence-electron chi connectivity index (χ3n) is 4.98. The number of unbranched alkanes of at least 4 members (excludes halogenated alkanes) is 2. The molecular weight excluding hydrogens is 338 g/mol. The van der Waals surface area contributed by atoms with E-state index in [-0.39, 0.29) is 6.61 Å². The van der Waals surface area contributed by atoms with Gasteiger partial charge in [-0.2, -0.15) is 0 Å². The Balaban J connectivity index is 2.10. The molecule has 0 atom stereocenters. The molecule has 2 aromatic rings. The minimum Gasteiger partial charge on any atom is -0.457 e. The van der Waals surface area contributed by atoms with Gasteiger partial charge in [0.05, 0.1) is 20.6 Å². The van der Waals surface area contributed by atoms with Crippen molar-refractivity contribution in [2.75, 3.05) is 33.8 Å². The van der Waals surface area contributed by atoms with E-state index in [0.717, 1.165) is 24.0 Å². The lowest BCUT2D eigenvalue weighted by molar-refractivity contribution is -0.890. The van der Waals surface area contributed by atoms with Crippen LogP contribution in [0, 0.1) is 0 Å². The van der Waals surface area contributed by atoms with Crippen LogP contribution in [0.2, 0.25) is 0 Å². The summed E-state index contributed by atoms with van der Waals surface area (Å²) in [5, 5.41) is 11.3. The van der Waals surface area contributed by atoms with Gasteiger partial charge in [0.2, 0.25) is 5.60 Å². The van der Waals surface area contributed by atoms with Crippen LogP contribution in [0.15, 0.2) is 60.7 Å². The largest absolute Gasteiger partial charge is 0.457 e. The minimum atomic E-state index is -1.80. The molecule has 0 unspecified atom stereocenters. The first-order valence-corrected chi connectivity index (χ1v) is 9.73. The molecule has 4 heteroatoms. The molecule has 4 nitrogen and oxygen atoms in total. The molecule has 27 heavy (non-hydrogen) atoms. The van der Waals surface area contributed by atoms with E-state index < -0.39 is 11.6 Å². The number of esters is 1. The van der Waals surface area contributed by atoms with Gasteiger partial charge in [0, 0.05) is 0 Å². The highest BCUT2D eigenvalue weighted by Gasteiger charge is 2.41. The molecule has 0 bridgehead atoms. The van der Waals surface area contributed by atoms with Crippen LogP contribution in [0.25, 0.3) is 0 Å². The number of nitrogens with zero attached hydrogens (tertiary/aromatic N) is 1. The number of likely N-dealkylation sites (N-methyl/N-ethyl adjacent to an activating group) is 1. The number of quaternary nitrogens is 1. The first-order chi connectivity index (χ1) is 12.9. The predicted molar refractivity (Wildman–Crippen MR) is 108 cm³/mol. The lowest BCUT2D eigenvalue weighted by Crippen LogP contribution is -2.45. The van der Waals surface area contributed by atoms with Gasteiger partial charge in [0.25, 0.3) is 0 Å². The van der Waals surface area contributed by atoms with Gasteiger partial charge in [0.1, 0.15) is 13.2 Å². The Kier molecular flexibility index (Phi) is 7.57.